The fourth-order valence-corrected chi connectivity index (χ4v) is 0.799. The third-order valence-corrected chi connectivity index (χ3v) is 1.38. The van der Waals surface area contributed by atoms with Crippen molar-refractivity contribution in [1.82, 2.24) is 4.90 Å². The van der Waals surface area contributed by atoms with E-state index < -0.39 is 0 Å². The second-order valence-corrected chi connectivity index (χ2v) is 2.85. The van der Waals surface area contributed by atoms with Gasteiger partial charge < -0.3 is 14.7 Å². The number of rotatable bonds is 7. The summed E-state index contributed by atoms with van der Waals surface area (Å²) in [6.07, 6.45) is 2.25. The molecule has 0 amide bonds. The van der Waals surface area contributed by atoms with Gasteiger partial charge in [-0.15, -0.1) is 0 Å². The molecule has 0 saturated heterocycles. The number of ether oxygens (including phenoxy) is 1. The summed E-state index contributed by atoms with van der Waals surface area (Å²) in [6.45, 7) is 2.49. The van der Waals surface area contributed by atoms with Crippen LogP contribution in [0.4, 0.5) is 0 Å². The predicted octanol–water partition coefficient (Wildman–Crippen LogP) is 0.337. The zero-order valence-electron chi connectivity index (χ0n) is 7.55. The van der Waals surface area contributed by atoms with E-state index in [0.717, 1.165) is 19.6 Å². The Labute approximate surface area is 69.0 Å². The second-order valence-electron chi connectivity index (χ2n) is 2.85. The molecule has 0 aromatic heterocycles. The number of aliphatic hydroxyl groups excluding tert-OH is 1. The molecule has 0 radical (unpaired) electrons. The highest BCUT2D eigenvalue weighted by atomic mass is 16.5. The van der Waals surface area contributed by atoms with Crippen molar-refractivity contribution in [1.29, 1.82) is 0 Å². The van der Waals surface area contributed by atoms with Gasteiger partial charge in [0.2, 0.25) is 0 Å². The summed E-state index contributed by atoms with van der Waals surface area (Å²) < 4.78 is 5.10. The van der Waals surface area contributed by atoms with Crippen molar-refractivity contribution >= 4 is 0 Å². The molecular formula is C8H19NO2. The van der Waals surface area contributed by atoms with Gasteiger partial charge in [-0.3, -0.25) is 0 Å². The Bertz CT molecular complexity index is 76.5. The average Bonchev–Trinajstić information content (AvgIpc) is 1.96. The number of unbranched alkanes of at least 4 members (excludes halogenated alkanes) is 1. The molecule has 0 bridgehead atoms. The minimum Gasteiger partial charge on any atom is -0.394 e. The van der Waals surface area contributed by atoms with E-state index in [1.807, 2.05) is 0 Å². The lowest BCUT2D eigenvalue weighted by molar-refractivity contribution is 0.0889. The van der Waals surface area contributed by atoms with Crippen LogP contribution >= 0.6 is 0 Å². The zero-order chi connectivity index (χ0) is 8.53. The molecule has 0 aliphatic heterocycles. The van der Waals surface area contributed by atoms with Crippen LogP contribution in [0.15, 0.2) is 0 Å². The van der Waals surface area contributed by atoms with Gasteiger partial charge in [-0.05, 0) is 33.5 Å². The summed E-state index contributed by atoms with van der Waals surface area (Å²) in [5.41, 5.74) is 0. The molecular weight excluding hydrogens is 142 g/mol. The van der Waals surface area contributed by atoms with Gasteiger partial charge in [0, 0.05) is 6.61 Å². The first-order valence-electron chi connectivity index (χ1n) is 4.10. The minimum absolute atomic E-state index is 0.133. The van der Waals surface area contributed by atoms with E-state index in [1.165, 1.54) is 6.42 Å². The van der Waals surface area contributed by atoms with Gasteiger partial charge in [-0.25, -0.2) is 0 Å². The molecule has 68 valence electrons. The van der Waals surface area contributed by atoms with E-state index in [1.54, 1.807) is 0 Å². The van der Waals surface area contributed by atoms with E-state index in [4.69, 9.17) is 9.84 Å². The molecule has 3 heteroatoms. The number of hydrogen-bond acceptors (Lipinski definition) is 3. The highest BCUT2D eigenvalue weighted by Gasteiger charge is 1.90. The predicted molar refractivity (Wildman–Crippen MR) is 45.7 cm³/mol. The molecule has 0 unspecified atom stereocenters. The summed E-state index contributed by atoms with van der Waals surface area (Å²) in [5, 5.41) is 8.38. The highest BCUT2D eigenvalue weighted by Crippen LogP contribution is 1.91. The third kappa shape index (κ3) is 9.88. The Hall–Kier alpha value is -0.120. The molecule has 0 aromatic carbocycles. The summed E-state index contributed by atoms with van der Waals surface area (Å²) in [6, 6.07) is 0. The van der Waals surface area contributed by atoms with Crippen LogP contribution in [0.2, 0.25) is 0 Å². The Morgan fingerprint density at radius 1 is 1.18 bits per heavy atom. The molecule has 0 fully saturated rings. The lowest BCUT2D eigenvalue weighted by Crippen LogP contribution is -2.13. The molecule has 11 heavy (non-hydrogen) atoms. The lowest BCUT2D eigenvalue weighted by atomic mass is 10.3. The molecule has 0 rings (SSSR count). The van der Waals surface area contributed by atoms with Crippen LogP contribution < -0.4 is 0 Å². The van der Waals surface area contributed by atoms with Gasteiger partial charge in [0.1, 0.15) is 0 Å². The van der Waals surface area contributed by atoms with Gasteiger partial charge in [0.15, 0.2) is 0 Å². The summed E-state index contributed by atoms with van der Waals surface area (Å²) >= 11 is 0. The van der Waals surface area contributed by atoms with Gasteiger partial charge in [0.05, 0.1) is 13.2 Å². The molecule has 0 aliphatic carbocycles. The largest absolute Gasteiger partial charge is 0.394 e. The zero-order valence-corrected chi connectivity index (χ0v) is 7.55. The minimum atomic E-state index is 0.133. The molecule has 0 heterocycles. The second kappa shape index (κ2) is 7.98. The monoisotopic (exact) mass is 161 g/mol. The molecule has 3 nitrogen and oxygen atoms in total. The number of nitrogens with zero attached hydrogens (tertiary/aromatic N) is 1. The van der Waals surface area contributed by atoms with Gasteiger partial charge in [-0.1, -0.05) is 0 Å². The van der Waals surface area contributed by atoms with Crippen molar-refractivity contribution in [3.63, 3.8) is 0 Å². The van der Waals surface area contributed by atoms with Crippen molar-refractivity contribution in [2.75, 3.05) is 40.5 Å². The van der Waals surface area contributed by atoms with Crippen molar-refractivity contribution in [2.24, 2.45) is 0 Å². The van der Waals surface area contributed by atoms with Crippen molar-refractivity contribution in [2.45, 2.75) is 12.8 Å². The molecule has 1 N–H and O–H groups in total. The Kier molecular flexibility index (Phi) is 7.89. The van der Waals surface area contributed by atoms with Gasteiger partial charge >= 0.3 is 0 Å². The highest BCUT2D eigenvalue weighted by molar-refractivity contribution is 4.44. The fraction of sp³-hybridized carbons (Fsp3) is 1.00. The molecule has 0 spiro atoms. The normalized spacial score (nSPS) is 10.9. The maximum absolute atomic E-state index is 8.38. The summed E-state index contributed by atoms with van der Waals surface area (Å²) in [4.78, 5) is 2.16. The van der Waals surface area contributed by atoms with Crippen molar-refractivity contribution in [3.05, 3.63) is 0 Å². The SMILES string of the molecule is CN(C)CCCCOCCO. The van der Waals surface area contributed by atoms with E-state index in [2.05, 4.69) is 19.0 Å². The van der Waals surface area contributed by atoms with E-state index >= 15 is 0 Å². The Morgan fingerprint density at radius 3 is 2.45 bits per heavy atom. The molecule has 0 aliphatic rings. The maximum atomic E-state index is 8.38. The van der Waals surface area contributed by atoms with Crippen LogP contribution in [0.1, 0.15) is 12.8 Å². The first-order chi connectivity index (χ1) is 5.27. The number of hydrogen-bond donors (Lipinski definition) is 1. The van der Waals surface area contributed by atoms with Crippen LogP contribution in [0.3, 0.4) is 0 Å². The van der Waals surface area contributed by atoms with E-state index in [-0.39, 0.29) is 6.61 Å². The smallest absolute Gasteiger partial charge is 0.0697 e. The van der Waals surface area contributed by atoms with Crippen LogP contribution in [0.5, 0.6) is 0 Å². The molecule has 0 saturated carbocycles. The first kappa shape index (κ1) is 10.9. The van der Waals surface area contributed by atoms with Crippen LogP contribution in [0.25, 0.3) is 0 Å². The van der Waals surface area contributed by atoms with Crippen LogP contribution in [-0.2, 0) is 4.74 Å². The number of aliphatic hydroxyl groups is 1. The lowest BCUT2D eigenvalue weighted by Gasteiger charge is -2.08. The average molecular weight is 161 g/mol. The summed E-state index contributed by atoms with van der Waals surface area (Å²) in [7, 11) is 4.13. The fourth-order valence-electron chi connectivity index (χ4n) is 0.799. The molecule has 0 aromatic rings. The van der Waals surface area contributed by atoms with Crippen molar-refractivity contribution in [3.8, 4) is 0 Å². The quantitative estimate of drug-likeness (QED) is 0.546. The Balaban J connectivity index is 2.80. The molecule has 0 atom stereocenters. The van der Waals surface area contributed by atoms with Crippen LogP contribution in [-0.4, -0.2) is 50.5 Å². The Morgan fingerprint density at radius 2 is 1.91 bits per heavy atom. The van der Waals surface area contributed by atoms with E-state index in [9.17, 15) is 0 Å². The van der Waals surface area contributed by atoms with Gasteiger partial charge in [0.25, 0.3) is 0 Å². The first-order valence-corrected chi connectivity index (χ1v) is 4.10. The standard InChI is InChI=1S/C8H19NO2/c1-9(2)5-3-4-7-11-8-6-10/h10H,3-8H2,1-2H3. The third-order valence-electron chi connectivity index (χ3n) is 1.38. The van der Waals surface area contributed by atoms with Gasteiger partial charge in [-0.2, -0.15) is 0 Å². The summed E-state index contributed by atoms with van der Waals surface area (Å²) in [5.74, 6) is 0. The van der Waals surface area contributed by atoms with Crippen molar-refractivity contribution < 1.29 is 9.84 Å². The maximum Gasteiger partial charge on any atom is 0.0697 e. The van der Waals surface area contributed by atoms with E-state index in [0.29, 0.717) is 6.61 Å². The van der Waals surface area contributed by atoms with Crippen LogP contribution in [0, 0.1) is 0 Å². The topological polar surface area (TPSA) is 32.7 Å².